The molecule has 19 heavy (non-hydrogen) atoms. The minimum Gasteiger partial charge on any atom is -0.354 e. The van der Waals surface area contributed by atoms with Crippen molar-refractivity contribution < 1.29 is 9.59 Å². The van der Waals surface area contributed by atoms with Gasteiger partial charge in [-0.05, 0) is 25.7 Å². The lowest BCUT2D eigenvalue weighted by Crippen LogP contribution is -2.61. The first kappa shape index (κ1) is 12.9. The number of nitrogens with one attached hydrogen (secondary N) is 1. The molecule has 3 N–H and O–H groups in total. The fourth-order valence-electron chi connectivity index (χ4n) is 3.89. The Morgan fingerprint density at radius 3 is 2.74 bits per heavy atom. The predicted molar refractivity (Wildman–Crippen MR) is 71.2 cm³/mol. The van der Waals surface area contributed by atoms with Crippen LogP contribution in [0.5, 0.6) is 0 Å². The van der Waals surface area contributed by atoms with E-state index < -0.39 is 5.54 Å². The average molecular weight is 265 g/mol. The molecule has 0 bridgehead atoms. The quantitative estimate of drug-likeness (QED) is 0.720. The van der Waals surface area contributed by atoms with Gasteiger partial charge in [0.05, 0.1) is 17.5 Å². The average Bonchev–Trinajstić information content (AvgIpc) is 2.81. The first-order valence-corrected chi connectivity index (χ1v) is 7.49. The molecule has 1 saturated carbocycles. The van der Waals surface area contributed by atoms with Crippen LogP contribution in [0.25, 0.3) is 0 Å². The molecular formula is C14H23N3O2. The number of nitrogens with two attached hydrogens (primary N) is 1. The summed E-state index contributed by atoms with van der Waals surface area (Å²) < 4.78 is 0. The van der Waals surface area contributed by atoms with E-state index in [9.17, 15) is 9.59 Å². The highest BCUT2D eigenvalue weighted by Gasteiger charge is 2.47. The molecule has 2 aliphatic heterocycles. The van der Waals surface area contributed by atoms with Crippen molar-refractivity contribution in [2.75, 3.05) is 13.1 Å². The summed E-state index contributed by atoms with van der Waals surface area (Å²) in [4.78, 5) is 26.4. The molecule has 0 aromatic rings. The van der Waals surface area contributed by atoms with Crippen LogP contribution in [0.4, 0.5) is 0 Å². The van der Waals surface area contributed by atoms with E-state index in [0.29, 0.717) is 6.54 Å². The van der Waals surface area contributed by atoms with Gasteiger partial charge >= 0.3 is 0 Å². The lowest BCUT2D eigenvalue weighted by Gasteiger charge is -2.42. The van der Waals surface area contributed by atoms with Gasteiger partial charge in [-0.1, -0.05) is 19.3 Å². The SMILES string of the molecule is NC1(C(=O)N2CCCC3C(=O)NCC32)CCCCC1. The van der Waals surface area contributed by atoms with E-state index in [-0.39, 0.29) is 23.8 Å². The molecule has 106 valence electrons. The van der Waals surface area contributed by atoms with Crippen molar-refractivity contribution in [2.24, 2.45) is 11.7 Å². The minimum absolute atomic E-state index is 0.00936. The summed E-state index contributed by atoms with van der Waals surface area (Å²) in [6.45, 7) is 1.36. The third-order valence-electron chi connectivity index (χ3n) is 5.03. The maximum absolute atomic E-state index is 12.8. The zero-order chi connectivity index (χ0) is 13.5. The molecule has 5 nitrogen and oxygen atoms in total. The Balaban J connectivity index is 1.77. The third kappa shape index (κ3) is 2.14. The predicted octanol–water partition coefficient (Wildman–Crippen LogP) is 0.385. The fraction of sp³-hybridized carbons (Fsp3) is 0.857. The lowest BCUT2D eigenvalue weighted by atomic mass is 9.80. The zero-order valence-electron chi connectivity index (χ0n) is 11.4. The van der Waals surface area contributed by atoms with E-state index >= 15 is 0 Å². The largest absolute Gasteiger partial charge is 0.354 e. The second-order valence-corrected chi connectivity index (χ2v) is 6.28. The van der Waals surface area contributed by atoms with E-state index in [2.05, 4.69) is 5.32 Å². The summed E-state index contributed by atoms with van der Waals surface area (Å²) in [6, 6.07) is 0.0381. The van der Waals surface area contributed by atoms with Crippen molar-refractivity contribution in [3.8, 4) is 0 Å². The molecule has 3 fully saturated rings. The van der Waals surface area contributed by atoms with Crippen LogP contribution in [0.3, 0.4) is 0 Å². The fourth-order valence-corrected chi connectivity index (χ4v) is 3.89. The lowest BCUT2D eigenvalue weighted by molar-refractivity contribution is -0.143. The Morgan fingerprint density at radius 1 is 1.26 bits per heavy atom. The summed E-state index contributed by atoms with van der Waals surface area (Å²) in [5, 5.41) is 2.89. The Morgan fingerprint density at radius 2 is 2.00 bits per heavy atom. The molecule has 2 amide bonds. The van der Waals surface area contributed by atoms with Gasteiger partial charge in [0.25, 0.3) is 0 Å². The van der Waals surface area contributed by atoms with Crippen LogP contribution in [-0.4, -0.2) is 41.4 Å². The highest BCUT2D eigenvalue weighted by molar-refractivity contribution is 5.89. The molecule has 2 heterocycles. The highest BCUT2D eigenvalue weighted by Crippen LogP contribution is 2.33. The van der Waals surface area contributed by atoms with E-state index in [0.717, 1.165) is 45.1 Å². The van der Waals surface area contributed by atoms with Gasteiger partial charge in [-0.25, -0.2) is 0 Å². The molecule has 0 spiro atoms. The number of nitrogens with zero attached hydrogens (tertiary/aromatic N) is 1. The van der Waals surface area contributed by atoms with Gasteiger partial charge in [0.2, 0.25) is 11.8 Å². The minimum atomic E-state index is -0.675. The normalized spacial score (nSPS) is 33.7. The van der Waals surface area contributed by atoms with Crippen LogP contribution >= 0.6 is 0 Å². The summed E-state index contributed by atoms with van der Waals surface area (Å²) in [5.74, 6) is 0.181. The second-order valence-electron chi connectivity index (χ2n) is 6.28. The molecule has 5 heteroatoms. The number of hydrogen-bond donors (Lipinski definition) is 2. The molecular weight excluding hydrogens is 242 g/mol. The van der Waals surface area contributed by atoms with Crippen LogP contribution in [0, 0.1) is 5.92 Å². The van der Waals surface area contributed by atoms with Crippen LogP contribution in [0.15, 0.2) is 0 Å². The van der Waals surface area contributed by atoms with Crippen molar-refractivity contribution in [3.05, 3.63) is 0 Å². The van der Waals surface area contributed by atoms with Crippen molar-refractivity contribution in [2.45, 2.75) is 56.5 Å². The number of likely N-dealkylation sites (tertiary alicyclic amines) is 1. The van der Waals surface area contributed by atoms with Crippen LogP contribution in [0.1, 0.15) is 44.9 Å². The number of rotatable bonds is 1. The van der Waals surface area contributed by atoms with Gasteiger partial charge in [-0.2, -0.15) is 0 Å². The van der Waals surface area contributed by atoms with Gasteiger partial charge in [0, 0.05) is 13.1 Å². The summed E-state index contributed by atoms with van der Waals surface area (Å²) >= 11 is 0. The molecule has 2 atom stereocenters. The monoisotopic (exact) mass is 265 g/mol. The molecule has 2 saturated heterocycles. The van der Waals surface area contributed by atoms with Crippen molar-refractivity contribution in [1.29, 1.82) is 0 Å². The van der Waals surface area contributed by atoms with Crippen LogP contribution in [0.2, 0.25) is 0 Å². The molecule has 3 aliphatic rings. The number of hydrogen-bond acceptors (Lipinski definition) is 3. The summed E-state index contributed by atoms with van der Waals surface area (Å²) in [7, 11) is 0. The Bertz CT molecular complexity index is 390. The maximum atomic E-state index is 12.8. The second kappa shape index (κ2) is 4.78. The topological polar surface area (TPSA) is 75.4 Å². The third-order valence-corrected chi connectivity index (χ3v) is 5.03. The van der Waals surface area contributed by atoms with Gasteiger partial charge in [0.1, 0.15) is 0 Å². The number of carbonyl (C=O) groups is 2. The molecule has 3 rings (SSSR count). The van der Waals surface area contributed by atoms with E-state index in [1.807, 2.05) is 4.90 Å². The van der Waals surface area contributed by atoms with Crippen molar-refractivity contribution in [1.82, 2.24) is 10.2 Å². The van der Waals surface area contributed by atoms with Gasteiger partial charge in [-0.15, -0.1) is 0 Å². The Kier molecular flexibility index (Phi) is 3.25. The summed E-state index contributed by atoms with van der Waals surface area (Å²) in [6.07, 6.45) is 6.66. The first-order chi connectivity index (χ1) is 9.12. The smallest absolute Gasteiger partial charge is 0.242 e. The number of fused-ring (bicyclic) bond motifs is 1. The van der Waals surface area contributed by atoms with Gasteiger partial charge in [0.15, 0.2) is 0 Å². The first-order valence-electron chi connectivity index (χ1n) is 7.49. The number of piperidine rings is 1. The van der Waals surface area contributed by atoms with E-state index in [1.165, 1.54) is 6.42 Å². The standard InChI is InChI=1S/C14H23N3O2/c15-14(6-2-1-3-7-14)13(19)17-8-4-5-10-11(17)9-16-12(10)18/h10-11H,1-9,15H2,(H,16,18). The zero-order valence-corrected chi connectivity index (χ0v) is 11.4. The maximum Gasteiger partial charge on any atom is 0.242 e. The molecule has 0 radical (unpaired) electrons. The molecule has 2 unspecified atom stereocenters. The van der Waals surface area contributed by atoms with E-state index in [4.69, 9.17) is 5.73 Å². The molecule has 0 aromatic carbocycles. The van der Waals surface area contributed by atoms with Crippen LogP contribution in [-0.2, 0) is 9.59 Å². The Hall–Kier alpha value is -1.10. The van der Waals surface area contributed by atoms with Crippen LogP contribution < -0.4 is 11.1 Å². The number of amides is 2. The van der Waals surface area contributed by atoms with Gasteiger partial charge in [-0.3, -0.25) is 9.59 Å². The molecule has 1 aliphatic carbocycles. The van der Waals surface area contributed by atoms with E-state index in [1.54, 1.807) is 0 Å². The molecule has 0 aromatic heterocycles. The van der Waals surface area contributed by atoms with Gasteiger partial charge < -0.3 is 16.0 Å². The van der Waals surface area contributed by atoms with Crippen molar-refractivity contribution in [3.63, 3.8) is 0 Å². The number of carbonyl (C=O) groups excluding carboxylic acids is 2. The van der Waals surface area contributed by atoms with Crippen molar-refractivity contribution >= 4 is 11.8 Å². The highest BCUT2D eigenvalue weighted by atomic mass is 16.2. The Labute approximate surface area is 113 Å². The summed E-state index contributed by atoms with van der Waals surface area (Å²) in [5.41, 5.74) is 5.68.